The highest BCUT2D eigenvalue weighted by atomic mass is 32.1. The van der Waals surface area contributed by atoms with E-state index in [2.05, 4.69) is 22.2 Å². The quantitative estimate of drug-likeness (QED) is 0.813. The van der Waals surface area contributed by atoms with Crippen LogP contribution in [0.25, 0.3) is 0 Å². The van der Waals surface area contributed by atoms with E-state index in [1.165, 1.54) is 0 Å². The van der Waals surface area contributed by atoms with Gasteiger partial charge >= 0.3 is 0 Å². The summed E-state index contributed by atoms with van der Waals surface area (Å²) < 4.78 is 0. The number of aromatic nitrogens is 1. The normalized spacial score (nSPS) is 19.0. The number of rotatable bonds is 2. The van der Waals surface area contributed by atoms with E-state index in [9.17, 15) is 0 Å². The summed E-state index contributed by atoms with van der Waals surface area (Å²) in [5, 5.41) is 11.0. The lowest BCUT2D eigenvalue weighted by Crippen LogP contribution is -2.27. The first-order chi connectivity index (χ1) is 6.68. The van der Waals surface area contributed by atoms with Gasteiger partial charge < -0.3 is 4.90 Å². The van der Waals surface area contributed by atoms with Crippen molar-refractivity contribution < 1.29 is 0 Å². The third-order valence-electron chi connectivity index (χ3n) is 2.62. The van der Waals surface area contributed by atoms with Crippen molar-refractivity contribution in [2.45, 2.75) is 32.7 Å². The molecule has 3 nitrogen and oxygen atoms in total. The summed E-state index contributed by atoms with van der Waals surface area (Å²) in [6.45, 7) is 5.17. The van der Waals surface area contributed by atoms with E-state index in [-0.39, 0.29) is 6.04 Å². The van der Waals surface area contributed by atoms with Gasteiger partial charge in [0.05, 0.1) is 11.9 Å². The lowest BCUT2D eigenvalue weighted by molar-refractivity contribution is 0.361. The molecule has 4 heteroatoms. The Balaban J connectivity index is 2.15. The van der Waals surface area contributed by atoms with Gasteiger partial charge in [-0.3, -0.25) is 5.41 Å². The summed E-state index contributed by atoms with van der Waals surface area (Å²) in [5.41, 5.74) is 1.09. The highest BCUT2D eigenvalue weighted by molar-refractivity contribution is 7.09. The first-order valence-corrected chi connectivity index (χ1v) is 5.82. The maximum atomic E-state index is 7.80. The van der Waals surface area contributed by atoms with Crippen molar-refractivity contribution in [3.63, 3.8) is 0 Å². The Morgan fingerprint density at radius 2 is 2.43 bits per heavy atom. The molecule has 0 spiro atoms. The second kappa shape index (κ2) is 3.69. The first kappa shape index (κ1) is 9.65. The third kappa shape index (κ3) is 1.66. The second-order valence-corrected chi connectivity index (χ2v) is 4.64. The molecule has 2 rings (SSSR count). The Kier molecular flexibility index (Phi) is 2.54. The number of nitrogens with one attached hydrogen (secondary N) is 1. The second-order valence-electron chi connectivity index (χ2n) is 3.75. The van der Waals surface area contributed by atoms with Gasteiger partial charge in [-0.1, -0.05) is 0 Å². The number of hydrogen-bond acceptors (Lipinski definition) is 3. The molecule has 1 fully saturated rings. The minimum Gasteiger partial charge on any atom is -0.351 e. The molecule has 1 N–H and O–H groups in total. The minimum absolute atomic E-state index is 0.281. The van der Waals surface area contributed by atoms with Gasteiger partial charge in [0.15, 0.2) is 0 Å². The molecule has 0 aromatic carbocycles. The standard InChI is InChI=1S/C10H15N3S/c1-7-6-14-10(12-7)8(2)13-5-3-4-9(13)11/h6,8,11H,3-5H2,1-2H3. The molecule has 0 amide bonds. The van der Waals surface area contributed by atoms with Gasteiger partial charge in [0.2, 0.25) is 0 Å². The molecule has 1 aliphatic rings. The molecule has 14 heavy (non-hydrogen) atoms. The van der Waals surface area contributed by atoms with Crippen molar-refractivity contribution in [2.24, 2.45) is 0 Å². The van der Waals surface area contributed by atoms with Crippen LogP contribution in [-0.2, 0) is 0 Å². The average Bonchev–Trinajstić information content (AvgIpc) is 2.73. The fourth-order valence-corrected chi connectivity index (χ4v) is 2.69. The fraction of sp³-hybridized carbons (Fsp3) is 0.600. The molecule has 0 radical (unpaired) electrons. The van der Waals surface area contributed by atoms with Crippen LogP contribution in [0.5, 0.6) is 0 Å². The average molecular weight is 209 g/mol. The number of nitrogens with zero attached hydrogens (tertiary/aromatic N) is 2. The molecule has 0 aliphatic carbocycles. The summed E-state index contributed by atoms with van der Waals surface area (Å²) in [6.07, 6.45) is 2.04. The Bertz CT molecular complexity index is 345. The molecule has 1 aromatic rings. The van der Waals surface area contributed by atoms with Crippen LogP contribution in [-0.4, -0.2) is 22.3 Å². The molecular formula is C10H15N3S. The SMILES string of the molecule is Cc1csc(C(C)N2CCCC2=N)n1. The van der Waals surface area contributed by atoms with Crippen LogP contribution in [0.1, 0.15) is 36.5 Å². The molecule has 1 aliphatic heterocycles. The Morgan fingerprint density at radius 3 is 2.93 bits per heavy atom. The fourth-order valence-electron chi connectivity index (χ4n) is 1.82. The minimum atomic E-state index is 0.281. The number of hydrogen-bond donors (Lipinski definition) is 1. The van der Waals surface area contributed by atoms with Crippen molar-refractivity contribution in [1.82, 2.24) is 9.88 Å². The van der Waals surface area contributed by atoms with Crippen LogP contribution in [0.3, 0.4) is 0 Å². The number of thiazole rings is 1. The molecule has 2 heterocycles. The van der Waals surface area contributed by atoms with Gasteiger partial charge in [-0.2, -0.15) is 0 Å². The first-order valence-electron chi connectivity index (χ1n) is 4.94. The van der Waals surface area contributed by atoms with Gasteiger partial charge in [-0.05, 0) is 20.3 Å². The molecule has 0 saturated carbocycles. The third-order valence-corrected chi connectivity index (χ3v) is 3.75. The summed E-state index contributed by atoms with van der Waals surface area (Å²) in [4.78, 5) is 6.62. The van der Waals surface area contributed by atoms with Crippen molar-refractivity contribution in [2.75, 3.05) is 6.54 Å². The van der Waals surface area contributed by atoms with Crippen molar-refractivity contribution >= 4 is 17.2 Å². The van der Waals surface area contributed by atoms with Gasteiger partial charge in [-0.25, -0.2) is 4.98 Å². The lowest BCUT2D eigenvalue weighted by Gasteiger charge is -2.24. The molecule has 1 atom stereocenters. The lowest BCUT2D eigenvalue weighted by atomic mass is 10.3. The van der Waals surface area contributed by atoms with E-state index < -0.39 is 0 Å². The predicted octanol–water partition coefficient (Wildman–Crippen LogP) is 2.59. The van der Waals surface area contributed by atoms with E-state index in [0.717, 1.165) is 35.9 Å². The van der Waals surface area contributed by atoms with Gasteiger partial charge in [-0.15, -0.1) is 11.3 Å². The van der Waals surface area contributed by atoms with Crippen LogP contribution < -0.4 is 0 Å². The molecule has 0 bridgehead atoms. The monoisotopic (exact) mass is 209 g/mol. The number of amidine groups is 1. The van der Waals surface area contributed by atoms with Crippen LogP contribution in [0.15, 0.2) is 5.38 Å². The van der Waals surface area contributed by atoms with Crippen LogP contribution in [0.4, 0.5) is 0 Å². The molecular weight excluding hydrogens is 194 g/mol. The maximum absolute atomic E-state index is 7.80. The van der Waals surface area contributed by atoms with Crippen molar-refractivity contribution in [1.29, 1.82) is 5.41 Å². The number of aryl methyl sites for hydroxylation is 1. The van der Waals surface area contributed by atoms with Gasteiger partial charge in [0, 0.05) is 24.0 Å². The smallest absolute Gasteiger partial charge is 0.115 e. The zero-order valence-corrected chi connectivity index (χ0v) is 9.40. The maximum Gasteiger partial charge on any atom is 0.115 e. The van der Waals surface area contributed by atoms with Crippen LogP contribution in [0.2, 0.25) is 0 Å². The van der Waals surface area contributed by atoms with Crippen molar-refractivity contribution in [3.8, 4) is 0 Å². The van der Waals surface area contributed by atoms with E-state index in [4.69, 9.17) is 5.41 Å². The molecule has 76 valence electrons. The van der Waals surface area contributed by atoms with E-state index in [1.807, 2.05) is 6.92 Å². The summed E-state index contributed by atoms with van der Waals surface area (Å²) >= 11 is 1.70. The Morgan fingerprint density at radius 1 is 1.64 bits per heavy atom. The topological polar surface area (TPSA) is 40.0 Å². The zero-order valence-electron chi connectivity index (χ0n) is 8.58. The highest BCUT2D eigenvalue weighted by Gasteiger charge is 2.24. The van der Waals surface area contributed by atoms with E-state index in [1.54, 1.807) is 11.3 Å². The number of likely N-dealkylation sites (tertiary alicyclic amines) is 1. The van der Waals surface area contributed by atoms with Crippen LogP contribution in [0, 0.1) is 12.3 Å². The summed E-state index contributed by atoms with van der Waals surface area (Å²) in [7, 11) is 0. The molecule has 1 saturated heterocycles. The Labute approximate surface area is 88.3 Å². The van der Waals surface area contributed by atoms with Crippen LogP contribution >= 0.6 is 11.3 Å². The van der Waals surface area contributed by atoms with Gasteiger partial charge in [0.25, 0.3) is 0 Å². The summed E-state index contributed by atoms with van der Waals surface area (Å²) in [6, 6.07) is 0.281. The van der Waals surface area contributed by atoms with E-state index in [0.29, 0.717) is 0 Å². The van der Waals surface area contributed by atoms with Gasteiger partial charge in [0.1, 0.15) is 5.01 Å². The predicted molar refractivity (Wildman–Crippen MR) is 58.9 cm³/mol. The highest BCUT2D eigenvalue weighted by Crippen LogP contribution is 2.27. The molecule has 1 aromatic heterocycles. The van der Waals surface area contributed by atoms with Crippen molar-refractivity contribution in [3.05, 3.63) is 16.1 Å². The zero-order chi connectivity index (χ0) is 10.1. The largest absolute Gasteiger partial charge is 0.351 e. The molecule has 1 unspecified atom stereocenters. The van der Waals surface area contributed by atoms with E-state index >= 15 is 0 Å². The summed E-state index contributed by atoms with van der Waals surface area (Å²) in [5.74, 6) is 0.769. The Hall–Kier alpha value is -0.900.